The Labute approximate surface area is 108 Å². The third-order valence-electron chi connectivity index (χ3n) is 1.02. The van der Waals surface area contributed by atoms with E-state index in [-0.39, 0.29) is 42.4 Å². The minimum Gasteiger partial charge on any atom is -0.565 e. The van der Waals surface area contributed by atoms with Crippen LogP contribution in [0, 0.1) is 0 Å². The molecule has 0 spiro atoms. The van der Waals surface area contributed by atoms with Crippen molar-refractivity contribution in [3.8, 4) is 0 Å². The predicted molar refractivity (Wildman–Crippen MR) is 42.1 cm³/mol. The number of carbonyl (C=O) groups is 3. The summed E-state index contributed by atoms with van der Waals surface area (Å²) in [4.78, 5) is 28.6. The Balaban J connectivity index is -0.000000249. The normalized spacial score (nSPS) is 9.93. The molecule has 0 rings (SSSR count). The van der Waals surface area contributed by atoms with Crippen LogP contribution in [0.2, 0.25) is 0 Å². The molecule has 1 atom stereocenters. The number of hydrogen-bond acceptors (Lipinski definition) is 5. The molecule has 0 aliphatic carbocycles. The maximum absolute atomic E-state index is 10.1. The number of carboxylic acid groups (broad SMARTS) is 3. The van der Waals surface area contributed by atoms with Gasteiger partial charge in [0, 0.05) is 6.42 Å². The number of carbonyl (C=O) groups excluding carboxylic acids is 1. The van der Waals surface area contributed by atoms with Crippen LogP contribution in [-0.2, 0) is 9.59 Å². The fourth-order valence-electron chi connectivity index (χ4n) is 0.421. The van der Waals surface area contributed by atoms with Gasteiger partial charge in [-0.25, -0.2) is 0 Å². The number of nitrogens with two attached hydrogens (primary N) is 2. The van der Waals surface area contributed by atoms with E-state index in [0.29, 0.717) is 0 Å². The Morgan fingerprint density at radius 1 is 1.27 bits per heavy atom. The molecule has 0 aromatic heterocycles. The van der Waals surface area contributed by atoms with E-state index in [1.54, 1.807) is 0 Å². The second kappa shape index (κ2) is 11.2. The second-order valence-electron chi connectivity index (χ2n) is 2.22. The largest absolute Gasteiger partial charge is 1.00 e. The Hall–Kier alpha value is -0.830. The zero-order chi connectivity index (χ0) is 11.7. The van der Waals surface area contributed by atoms with Crippen molar-refractivity contribution in [3.05, 3.63) is 0 Å². The standard InChI is InChI=1S/C5H10N2O3.CH2O3.Na/c6-3(5(9)10)1-2-4(7)8;2-1(3)4;/h3H,1-2,6H2,(H2,7,8)(H,9,10);(H2,2,3,4);/q;;+1/p-1/t3-;;/m0../s1. The molecule has 0 radical (unpaired) electrons. The molecule has 0 unspecified atom stereocenters. The monoisotopic (exact) mass is 230 g/mol. The quantitative estimate of drug-likeness (QED) is 0.349. The Kier molecular flexibility index (Phi) is 14.8. The van der Waals surface area contributed by atoms with Gasteiger partial charge in [-0.15, -0.1) is 0 Å². The molecule has 0 saturated carbocycles. The van der Waals surface area contributed by atoms with Crippen molar-refractivity contribution in [2.75, 3.05) is 0 Å². The molecule has 0 heterocycles. The Morgan fingerprint density at radius 2 is 1.60 bits per heavy atom. The summed E-state index contributed by atoms with van der Waals surface area (Å²) in [6.07, 6.45) is -1.96. The summed E-state index contributed by atoms with van der Waals surface area (Å²) in [7, 11) is 0. The van der Waals surface area contributed by atoms with Crippen molar-refractivity contribution in [2.24, 2.45) is 11.5 Å². The second-order valence-corrected chi connectivity index (χ2v) is 2.22. The van der Waals surface area contributed by atoms with Gasteiger partial charge >= 0.3 is 35.5 Å². The van der Waals surface area contributed by atoms with Crippen LogP contribution in [0.15, 0.2) is 0 Å². The van der Waals surface area contributed by atoms with Crippen LogP contribution in [0.25, 0.3) is 0 Å². The van der Waals surface area contributed by atoms with Gasteiger partial charge in [-0.05, 0) is 6.42 Å². The molecule has 82 valence electrons. The molecular weight excluding hydrogens is 219 g/mol. The van der Waals surface area contributed by atoms with Crippen molar-refractivity contribution in [2.45, 2.75) is 18.9 Å². The summed E-state index contributed by atoms with van der Waals surface area (Å²) in [6.45, 7) is 0. The van der Waals surface area contributed by atoms with Crippen molar-refractivity contribution >= 4 is 18.0 Å². The van der Waals surface area contributed by atoms with Crippen molar-refractivity contribution in [1.29, 1.82) is 0 Å². The molecule has 15 heavy (non-hydrogen) atoms. The molecule has 0 aliphatic heterocycles. The Morgan fingerprint density at radius 3 is 1.80 bits per heavy atom. The van der Waals surface area contributed by atoms with Gasteiger partial charge in [0.25, 0.3) is 0 Å². The third-order valence-corrected chi connectivity index (χ3v) is 1.02. The first-order valence-electron chi connectivity index (χ1n) is 3.44. The average molecular weight is 230 g/mol. The van der Waals surface area contributed by atoms with E-state index < -0.39 is 24.1 Å². The fraction of sp³-hybridized carbons (Fsp3) is 0.500. The van der Waals surface area contributed by atoms with E-state index in [0.717, 1.165) is 0 Å². The van der Waals surface area contributed by atoms with Crippen molar-refractivity contribution in [3.63, 3.8) is 0 Å². The zero-order valence-corrected chi connectivity index (χ0v) is 10.2. The molecule has 8 nitrogen and oxygen atoms in total. The molecule has 6 N–H and O–H groups in total. The molecule has 0 aromatic rings. The van der Waals surface area contributed by atoms with E-state index in [4.69, 9.17) is 31.6 Å². The van der Waals surface area contributed by atoms with E-state index in [2.05, 4.69) is 0 Å². The fourth-order valence-corrected chi connectivity index (χ4v) is 0.421. The maximum atomic E-state index is 10.1. The van der Waals surface area contributed by atoms with Gasteiger partial charge in [-0.3, -0.25) is 9.59 Å². The molecule has 1 amide bonds. The van der Waals surface area contributed by atoms with Gasteiger partial charge < -0.3 is 31.6 Å². The number of aliphatic carboxylic acids is 1. The van der Waals surface area contributed by atoms with Crippen LogP contribution in [0.1, 0.15) is 12.8 Å². The molecule has 0 aromatic carbocycles. The van der Waals surface area contributed by atoms with Gasteiger partial charge in [0.2, 0.25) is 12.1 Å². The van der Waals surface area contributed by atoms with Crippen molar-refractivity contribution < 1.29 is 59.3 Å². The van der Waals surface area contributed by atoms with Crippen LogP contribution < -0.4 is 46.1 Å². The zero-order valence-electron chi connectivity index (χ0n) is 8.17. The minimum atomic E-state index is -2.08. The predicted octanol–water partition coefficient (Wildman–Crippen LogP) is -5.44. The van der Waals surface area contributed by atoms with Gasteiger partial charge in [0.15, 0.2) is 0 Å². The van der Waals surface area contributed by atoms with Gasteiger partial charge in [-0.1, -0.05) is 0 Å². The van der Waals surface area contributed by atoms with Crippen LogP contribution in [0.5, 0.6) is 0 Å². The SMILES string of the molecule is NC(=O)CC[C@H](N)C(=O)O.O=C([O-])O.[Na+]. The summed E-state index contributed by atoms with van der Waals surface area (Å²) >= 11 is 0. The van der Waals surface area contributed by atoms with E-state index in [9.17, 15) is 9.59 Å². The van der Waals surface area contributed by atoms with Gasteiger partial charge in [0.05, 0.1) is 0 Å². The number of hydrogen-bond donors (Lipinski definition) is 4. The molecular formula is C6H11N2NaO6. The molecule has 0 aliphatic rings. The topological polar surface area (TPSA) is 167 Å². The summed E-state index contributed by atoms with van der Waals surface area (Å²) < 4.78 is 0. The van der Waals surface area contributed by atoms with Crippen LogP contribution in [0.3, 0.4) is 0 Å². The smallest absolute Gasteiger partial charge is 0.565 e. The maximum Gasteiger partial charge on any atom is 1.00 e. The Bertz CT molecular complexity index is 218. The molecule has 0 saturated heterocycles. The number of carboxylic acids is 1. The van der Waals surface area contributed by atoms with E-state index >= 15 is 0 Å². The van der Waals surface area contributed by atoms with Gasteiger partial charge in [-0.2, -0.15) is 0 Å². The number of primary amides is 1. The van der Waals surface area contributed by atoms with E-state index in [1.165, 1.54) is 0 Å². The number of rotatable bonds is 4. The third kappa shape index (κ3) is 24.6. The van der Waals surface area contributed by atoms with Gasteiger partial charge in [0.1, 0.15) is 6.04 Å². The van der Waals surface area contributed by atoms with Crippen molar-refractivity contribution in [1.82, 2.24) is 0 Å². The minimum absolute atomic E-state index is 0. The van der Waals surface area contributed by atoms with E-state index in [1.807, 2.05) is 0 Å². The first-order chi connectivity index (χ1) is 6.27. The first-order valence-corrected chi connectivity index (χ1v) is 3.44. The summed E-state index contributed by atoms with van der Waals surface area (Å²) in [6, 6.07) is -0.979. The number of amides is 1. The summed E-state index contributed by atoms with van der Waals surface area (Å²) in [5.41, 5.74) is 9.81. The summed E-state index contributed by atoms with van der Waals surface area (Å²) in [5.74, 6) is -1.64. The summed E-state index contributed by atoms with van der Waals surface area (Å²) in [5, 5.41) is 23.5. The average Bonchev–Trinajstić information content (AvgIpc) is 1.98. The molecule has 9 heteroatoms. The van der Waals surface area contributed by atoms with Crippen LogP contribution >= 0.6 is 0 Å². The molecule has 0 fully saturated rings. The van der Waals surface area contributed by atoms with Crippen LogP contribution in [0.4, 0.5) is 4.79 Å². The molecule has 0 bridgehead atoms. The van der Waals surface area contributed by atoms with Crippen LogP contribution in [-0.4, -0.2) is 34.3 Å². The first kappa shape index (κ1) is 19.7.